The van der Waals surface area contributed by atoms with Crippen LogP contribution in [0.4, 0.5) is 11.4 Å². The third-order valence-corrected chi connectivity index (χ3v) is 6.08. The van der Waals surface area contributed by atoms with Crippen molar-refractivity contribution in [2.45, 2.75) is 19.4 Å². The molecule has 0 saturated carbocycles. The van der Waals surface area contributed by atoms with E-state index in [0.29, 0.717) is 0 Å². The van der Waals surface area contributed by atoms with E-state index in [1.54, 1.807) is 0 Å². The monoisotopic (exact) mass is 413 g/mol. The highest BCUT2D eigenvalue weighted by Crippen LogP contribution is 2.34. The lowest BCUT2D eigenvalue weighted by atomic mass is 9.95. The van der Waals surface area contributed by atoms with Gasteiger partial charge in [0.2, 0.25) is 0 Å². The molecule has 1 nitrogen and oxygen atoms in total. The molecule has 1 aliphatic rings. The molecule has 0 N–H and O–H groups in total. The van der Waals surface area contributed by atoms with Gasteiger partial charge in [0.15, 0.2) is 0 Å². The quantitative estimate of drug-likeness (QED) is 0.318. The molecule has 4 aromatic rings. The van der Waals surface area contributed by atoms with Crippen molar-refractivity contribution in [3.8, 4) is 11.1 Å². The number of benzene rings is 4. The van der Waals surface area contributed by atoms with Gasteiger partial charge in [-0.3, -0.25) is 0 Å². The lowest BCUT2D eigenvalue weighted by Gasteiger charge is -2.33. The number of hydrogen-bond acceptors (Lipinski definition) is 1. The number of hydrogen-bond donors (Lipinski definition) is 0. The van der Waals surface area contributed by atoms with Gasteiger partial charge < -0.3 is 4.90 Å². The zero-order valence-corrected chi connectivity index (χ0v) is 18.4. The second-order valence-electron chi connectivity index (χ2n) is 8.31. The third-order valence-electron chi connectivity index (χ3n) is 6.08. The van der Waals surface area contributed by atoms with Crippen molar-refractivity contribution in [2.75, 3.05) is 4.90 Å². The molecule has 4 aromatic carbocycles. The van der Waals surface area contributed by atoms with E-state index in [1.807, 2.05) is 0 Å². The number of allylic oxidation sites excluding steroid dienone is 2. The van der Waals surface area contributed by atoms with Crippen LogP contribution in [0.1, 0.15) is 17.5 Å². The zero-order valence-electron chi connectivity index (χ0n) is 18.4. The first-order chi connectivity index (χ1) is 15.8. The summed E-state index contributed by atoms with van der Waals surface area (Å²) in [6, 6.07) is 39.2. The highest BCUT2D eigenvalue weighted by molar-refractivity contribution is 5.77. The molecule has 32 heavy (non-hydrogen) atoms. The van der Waals surface area contributed by atoms with E-state index in [1.165, 1.54) is 39.2 Å². The Morgan fingerprint density at radius 2 is 1.12 bits per heavy atom. The van der Waals surface area contributed by atoms with E-state index in [9.17, 15) is 0 Å². The molecular weight excluding hydrogens is 386 g/mol. The molecule has 0 saturated heterocycles. The van der Waals surface area contributed by atoms with E-state index in [0.717, 1.165) is 6.42 Å². The van der Waals surface area contributed by atoms with Gasteiger partial charge in [-0.2, -0.15) is 0 Å². The molecule has 0 spiro atoms. The largest absolute Gasteiger partial charge is 0.334 e. The molecule has 0 aromatic heterocycles. The van der Waals surface area contributed by atoms with Crippen molar-refractivity contribution in [3.63, 3.8) is 0 Å². The molecule has 0 amide bonds. The lowest BCUT2D eigenvalue weighted by molar-refractivity contribution is 0.787. The molecule has 1 heteroatoms. The Balaban J connectivity index is 1.46. The van der Waals surface area contributed by atoms with Crippen molar-refractivity contribution in [1.82, 2.24) is 0 Å². The Bertz CT molecular complexity index is 1220. The fourth-order valence-electron chi connectivity index (χ4n) is 4.33. The summed E-state index contributed by atoms with van der Waals surface area (Å²) in [6.45, 7) is 2.14. The summed E-state index contributed by atoms with van der Waals surface area (Å²) in [7, 11) is 0. The normalized spacial score (nSPS) is 15.3. The van der Waals surface area contributed by atoms with Crippen LogP contribution in [0.2, 0.25) is 0 Å². The molecule has 0 bridgehead atoms. The Kier molecular flexibility index (Phi) is 5.72. The number of aryl methyl sites for hydroxylation is 1. The molecule has 156 valence electrons. The zero-order chi connectivity index (χ0) is 21.8. The topological polar surface area (TPSA) is 3.24 Å². The van der Waals surface area contributed by atoms with Crippen LogP contribution in [0.25, 0.3) is 16.7 Å². The maximum Gasteiger partial charge on any atom is 0.0560 e. The summed E-state index contributed by atoms with van der Waals surface area (Å²) < 4.78 is 0. The van der Waals surface area contributed by atoms with Crippen LogP contribution >= 0.6 is 0 Å². The highest BCUT2D eigenvalue weighted by Gasteiger charge is 2.20. The molecule has 5 rings (SSSR count). The fraction of sp³-hybridized carbons (Fsp3) is 0.0968. The molecule has 1 atom stereocenters. The second kappa shape index (κ2) is 9.11. The van der Waals surface area contributed by atoms with Gasteiger partial charge in [-0.05, 0) is 59.9 Å². The molecule has 1 unspecified atom stereocenters. The SMILES string of the molecule is Cc1ccc(N(c2ccc(-c3ccccc3)cc2)C2C=CC(c3ccccc3)=CC2)cc1. The fourth-order valence-corrected chi connectivity index (χ4v) is 4.33. The van der Waals surface area contributed by atoms with E-state index in [2.05, 4.69) is 139 Å². The lowest BCUT2D eigenvalue weighted by Crippen LogP contribution is -2.30. The van der Waals surface area contributed by atoms with Crippen LogP contribution in [0, 0.1) is 6.92 Å². The highest BCUT2D eigenvalue weighted by atomic mass is 15.2. The Hall–Kier alpha value is -3.84. The van der Waals surface area contributed by atoms with Crippen LogP contribution in [0.3, 0.4) is 0 Å². The summed E-state index contributed by atoms with van der Waals surface area (Å²) in [4.78, 5) is 2.45. The average molecular weight is 414 g/mol. The van der Waals surface area contributed by atoms with Crippen molar-refractivity contribution < 1.29 is 0 Å². The molecule has 0 heterocycles. The van der Waals surface area contributed by atoms with Gasteiger partial charge in [0.05, 0.1) is 6.04 Å². The minimum absolute atomic E-state index is 0.271. The van der Waals surface area contributed by atoms with Crippen molar-refractivity contribution in [3.05, 3.63) is 139 Å². The van der Waals surface area contributed by atoms with Gasteiger partial charge in [0, 0.05) is 11.4 Å². The number of rotatable bonds is 5. The van der Waals surface area contributed by atoms with Crippen molar-refractivity contribution in [1.29, 1.82) is 0 Å². The first-order valence-corrected chi connectivity index (χ1v) is 11.2. The predicted molar refractivity (Wildman–Crippen MR) is 137 cm³/mol. The van der Waals surface area contributed by atoms with Crippen LogP contribution in [0.15, 0.2) is 127 Å². The van der Waals surface area contributed by atoms with Crippen molar-refractivity contribution >= 4 is 16.9 Å². The summed E-state index contributed by atoms with van der Waals surface area (Å²) in [5.41, 5.74) is 8.76. The Labute approximate surface area is 191 Å². The first-order valence-electron chi connectivity index (χ1n) is 11.2. The van der Waals surface area contributed by atoms with Gasteiger partial charge in [0.1, 0.15) is 0 Å². The van der Waals surface area contributed by atoms with E-state index >= 15 is 0 Å². The Morgan fingerprint density at radius 3 is 1.69 bits per heavy atom. The predicted octanol–water partition coefficient (Wildman–Crippen LogP) is 8.21. The summed E-state index contributed by atoms with van der Waals surface area (Å²) >= 11 is 0. The van der Waals surface area contributed by atoms with Crippen LogP contribution in [-0.4, -0.2) is 6.04 Å². The van der Waals surface area contributed by atoms with Gasteiger partial charge in [-0.25, -0.2) is 0 Å². The summed E-state index contributed by atoms with van der Waals surface area (Å²) in [5.74, 6) is 0. The van der Waals surface area contributed by atoms with Gasteiger partial charge in [-0.15, -0.1) is 0 Å². The first kappa shape index (κ1) is 20.1. The van der Waals surface area contributed by atoms with E-state index in [4.69, 9.17) is 0 Å². The number of nitrogens with zero attached hydrogens (tertiary/aromatic N) is 1. The van der Waals surface area contributed by atoms with Gasteiger partial charge in [-0.1, -0.05) is 109 Å². The maximum atomic E-state index is 2.45. The van der Waals surface area contributed by atoms with E-state index < -0.39 is 0 Å². The van der Waals surface area contributed by atoms with Crippen LogP contribution in [0.5, 0.6) is 0 Å². The summed E-state index contributed by atoms with van der Waals surface area (Å²) in [6.07, 6.45) is 7.94. The van der Waals surface area contributed by atoms with Crippen LogP contribution < -0.4 is 4.90 Å². The molecule has 0 fully saturated rings. The average Bonchev–Trinajstić information content (AvgIpc) is 2.87. The standard InChI is InChI=1S/C31H27N/c1-24-12-18-29(19-13-24)32(30-20-14-27(15-21-30)25-8-4-2-5-9-25)31-22-16-28(17-23-31)26-10-6-3-7-11-26/h2-22,31H,23H2,1H3. The molecular formula is C31H27N. The minimum Gasteiger partial charge on any atom is -0.334 e. The third kappa shape index (κ3) is 4.29. The van der Waals surface area contributed by atoms with Crippen LogP contribution in [-0.2, 0) is 0 Å². The smallest absolute Gasteiger partial charge is 0.0560 e. The maximum absolute atomic E-state index is 2.45. The summed E-state index contributed by atoms with van der Waals surface area (Å²) in [5, 5.41) is 0. The molecule has 0 aliphatic heterocycles. The van der Waals surface area contributed by atoms with Gasteiger partial charge in [0.25, 0.3) is 0 Å². The molecule has 1 aliphatic carbocycles. The van der Waals surface area contributed by atoms with Crippen molar-refractivity contribution in [2.24, 2.45) is 0 Å². The number of anilines is 2. The Morgan fingerprint density at radius 1 is 0.594 bits per heavy atom. The van der Waals surface area contributed by atoms with E-state index in [-0.39, 0.29) is 6.04 Å². The molecule has 0 radical (unpaired) electrons. The second-order valence-corrected chi connectivity index (χ2v) is 8.31. The van der Waals surface area contributed by atoms with Gasteiger partial charge >= 0.3 is 0 Å². The minimum atomic E-state index is 0.271.